The van der Waals surface area contributed by atoms with E-state index < -0.39 is 10.0 Å². The third kappa shape index (κ3) is 3.43. The van der Waals surface area contributed by atoms with E-state index in [9.17, 15) is 13.2 Å². The van der Waals surface area contributed by atoms with Gasteiger partial charge in [0, 0.05) is 17.8 Å². The molecule has 0 fully saturated rings. The average Bonchev–Trinajstić information content (AvgIpc) is 3.08. The number of amides is 1. The molecular formula is C15H18N4O3S. The van der Waals surface area contributed by atoms with Crippen LogP contribution in [0.2, 0.25) is 0 Å². The van der Waals surface area contributed by atoms with Gasteiger partial charge in [0.25, 0.3) is 5.91 Å². The molecule has 1 amide bonds. The molecule has 122 valence electrons. The summed E-state index contributed by atoms with van der Waals surface area (Å²) >= 11 is 0. The number of hydrogen-bond donors (Lipinski definition) is 2. The zero-order chi connectivity index (χ0) is 16.4. The van der Waals surface area contributed by atoms with Gasteiger partial charge in [0.05, 0.1) is 11.4 Å². The molecule has 1 aliphatic rings. The Kier molecular flexibility index (Phi) is 4.18. The fourth-order valence-electron chi connectivity index (χ4n) is 2.79. The third-order valence-electron chi connectivity index (χ3n) is 3.82. The number of carbonyl (C=O) groups excluding carboxylic acids is 1. The van der Waals surface area contributed by atoms with Gasteiger partial charge >= 0.3 is 0 Å². The van der Waals surface area contributed by atoms with Crippen LogP contribution >= 0.6 is 0 Å². The Balaban J connectivity index is 1.85. The molecule has 3 rings (SSSR count). The quantitative estimate of drug-likeness (QED) is 0.824. The van der Waals surface area contributed by atoms with Gasteiger partial charge in [0.2, 0.25) is 10.0 Å². The SMILES string of the molecule is NS(=O)(=O)CCNC(=O)c1nn(-c2ccccc2)c2c1CCC2. The third-order valence-corrected chi connectivity index (χ3v) is 4.59. The zero-order valence-electron chi connectivity index (χ0n) is 12.5. The number of sulfonamides is 1. The summed E-state index contributed by atoms with van der Waals surface area (Å²) in [7, 11) is -3.59. The van der Waals surface area contributed by atoms with Gasteiger partial charge in [0.1, 0.15) is 0 Å². The van der Waals surface area contributed by atoms with Crippen molar-refractivity contribution in [2.75, 3.05) is 12.3 Å². The first-order chi connectivity index (χ1) is 11.0. The van der Waals surface area contributed by atoms with Gasteiger partial charge in [-0.1, -0.05) is 18.2 Å². The Hall–Kier alpha value is -2.19. The molecule has 0 unspecified atom stereocenters. The molecular weight excluding hydrogens is 316 g/mol. The Morgan fingerprint density at radius 1 is 1.26 bits per heavy atom. The minimum Gasteiger partial charge on any atom is -0.350 e. The molecule has 7 nitrogen and oxygen atoms in total. The standard InChI is InChI=1S/C15H18N4O3S/c16-23(21,22)10-9-17-15(20)14-12-7-4-8-13(12)19(18-14)11-5-2-1-3-6-11/h1-3,5-6H,4,7-10H2,(H,17,20)(H2,16,21,22). The largest absolute Gasteiger partial charge is 0.350 e. The minimum absolute atomic E-state index is 0.0232. The predicted octanol–water partition coefficient (Wildman–Crippen LogP) is 0.379. The van der Waals surface area contributed by atoms with Gasteiger partial charge in [-0.15, -0.1) is 0 Å². The smallest absolute Gasteiger partial charge is 0.272 e. The van der Waals surface area contributed by atoms with E-state index in [0.29, 0.717) is 5.69 Å². The topological polar surface area (TPSA) is 107 Å². The molecule has 0 spiro atoms. The van der Waals surface area contributed by atoms with Crippen LogP contribution in [0.3, 0.4) is 0 Å². The first-order valence-corrected chi connectivity index (χ1v) is 9.12. The number of rotatable bonds is 5. The lowest BCUT2D eigenvalue weighted by atomic mass is 10.2. The molecule has 8 heteroatoms. The number of primary sulfonamides is 1. The van der Waals surface area contributed by atoms with E-state index in [1.807, 2.05) is 30.3 Å². The van der Waals surface area contributed by atoms with E-state index in [0.717, 1.165) is 36.2 Å². The number of para-hydroxylation sites is 1. The summed E-state index contributed by atoms with van der Waals surface area (Å²) in [4.78, 5) is 12.3. The maximum Gasteiger partial charge on any atom is 0.272 e. The van der Waals surface area contributed by atoms with Crippen molar-refractivity contribution >= 4 is 15.9 Å². The fourth-order valence-corrected chi connectivity index (χ4v) is 3.18. The summed E-state index contributed by atoms with van der Waals surface area (Å²) < 4.78 is 23.7. The first kappa shape index (κ1) is 15.7. The van der Waals surface area contributed by atoms with E-state index in [2.05, 4.69) is 10.4 Å². The molecule has 1 heterocycles. The number of hydrogen-bond acceptors (Lipinski definition) is 4. The van der Waals surface area contributed by atoms with E-state index in [-0.39, 0.29) is 18.2 Å². The Labute approximate surface area is 134 Å². The van der Waals surface area contributed by atoms with Crippen LogP contribution in [0.1, 0.15) is 28.2 Å². The fraction of sp³-hybridized carbons (Fsp3) is 0.333. The van der Waals surface area contributed by atoms with Crippen molar-refractivity contribution in [3.63, 3.8) is 0 Å². The second-order valence-electron chi connectivity index (χ2n) is 5.50. The van der Waals surface area contributed by atoms with E-state index >= 15 is 0 Å². The van der Waals surface area contributed by atoms with E-state index in [1.54, 1.807) is 4.68 Å². The van der Waals surface area contributed by atoms with Crippen LogP contribution in [0.15, 0.2) is 30.3 Å². The van der Waals surface area contributed by atoms with Crippen molar-refractivity contribution < 1.29 is 13.2 Å². The van der Waals surface area contributed by atoms with Crippen LogP contribution in [0.5, 0.6) is 0 Å². The van der Waals surface area contributed by atoms with E-state index in [1.165, 1.54) is 0 Å². The van der Waals surface area contributed by atoms with Crippen LogP contribution in [0, 0.1) is 0 Å². The number of benzene rings is 1. The summed E-state index contributed by atoms with van der Waals surface area (Å²) in [5, 5.41) is 11.9. The van der Waals surface area contributed by atoms with Crippen LogP contribution in [-0.4, -0.2) is 36.4 Å². The molecule has 1 aliphatic carbocycles. The van der Waals surface area contributed by atoms with Gasteiger partial charge in [-0.05, 0) is 31.4 Å². The molecule has 1 aromatic heterocycles. The van der Waals surface area contributed by atoms with Gasteiger partial charge in [-0.2, -0.15) is 5.10 Å². The monoisotopic (exact) mass is 334 g/mol. The lowest BCUT2D eigenvalue weighted by molar-refractivity contribution is 0.0950. The zero-order valence-corrected chi connectivity index (χ0v) is 13.3. The van der Waals surface area contributed by atoms with Crippen molar-refractivity contribution in [3.05, 3.63) is 47.3 Å². The van der Waals surface area contributed by atoms with Crippen molar-refractivity contribution in [1.82, 2.24) is 15.1 Å². The molecule has 0 aliphatic heterocycles. The van der Waals surface area contributed by atoms with Crippen LogP contribution in [0.4, 0.5) is 0 Å². The molecule has 0 atom stereocenters. The maximum absolute atomic E-state index is 12.3. The second kappa shape index (κ2) is 6.13. The minimum atomic E-state index is -3.59. The molecule has 0 radical (unpaired) electrons. The number of nitrogens with two attached hydrogens (primary N) is 1. The van der Waals surface area contributed by atoms with Gasteiger partial charge in [0.15, 0.2) is 5.69 Å². The molecule has 2 aromatic rings. The highest BCUT2D eigenvalue weighted by Gasteiger charge is 2.26. The number of fused-ring (bicyclic) bond motifs is 1. The summed E-state index contributed by atoms with van der Waals surface area (Å²) in [6.07, 6.45) is 2.67. The molecule has 3 N–H and O–H groups in total. The Bertz CT molecular complexity index is 828. The highest BCUT2D eigenvalue weighted by Crippen LogP contribution is 2.27. The van der Waals surface area contributed by atoms with Crippen LogP contribution in [0.25, 0.3) is 5.69 Å². The molecule has 0 bridgehead atoms. The first-order valence-electron chi connectivity index (χ1n) is 7.40. The lowest BCUT2D eigenvalue weighted by Crippen LogP contribution is -2.32. The highest BCUT2D eigenvalue weighted by atomic mass is 32.2. The summed E-state index contributed by atoms with van der Waals surface area (Å²) in [6.45, 7) is -0.0232. The second-order valence-corrected chi connectivity index (χ2v) is 7.23. The molecule has 1 aromatic carbocycles. The number of nitrogens with zero attached hydrogens (tertiary/aromatic N) is 2. The van der Waals surface area contributed by atoms with Crippen molar-refractivity contribution in [3.8, 4) is 5.69 Å². The predicted molar refractivity (Wildman–Crippen MR) is 85.9 cm³/mol. The number of aromatic nitrogens is 2. The Morgan fingerprint density at radius 3 is 2.70 bits per heavy atom. The van der Waals surface area contributed by atoms with Gasteiger partial charge in [-0.25, -0.2) is 18.2 Å². The number of carbonyl (C=O) groups is 1. The van der Waals surface area contributed by atoms with Crippen molar-refractivity contribution in [2.45, 2.75) is 19.3 Å². The summed E-state index contributed by atoms with van der Waals surface area (Å²) in [6, 6.07) is 9.64. The molecule has 0 saturated heterocycles. The van der Waals surface area contributed by atoms with Gasteiger partial charge in [-0.3, -0.25) is 4.79 Å². The Morgan fingerprint density at radius 2 is 2.00 bits per heavy atom. The van der Waals surface area contributed by atoms with Crippen LogP contribution < -0.4 is 10.5 Å². The summed E-state index contributed by atoms with van der Waals surface area (Å²) in [5.41, 5.74) is 3.28. The highest BCUT2D eigenvalue weighted by molar-refractivity contribution is 7.89. The molecule has 23 heavy (non-hydrogen) atoms. The molecule has 0 saturated carbocycles. The van der Waals surface area contributed by atoms with E-state index in [4.69, 9.17) is 5.14 Å². The number of nitrogens with one attached hydrogen (secondary N) is 1. The average molecular weight is 334 g/mol. The normalized spacial score (nSPS) is 13.8. The lowest BCUT2D eigenvalue weighted by Gasteiger charge is -2.05. The van der Waals surface area contributed by atoms with Crippen molar-refractivity contribution in [2.24, 2.45) is 5.14 Å². The maximum atomic E-state index is 12.3. The van der Waals surface area contributed by atoms with Gasteiger partial charge < -0.3 is 5.32 Å². The summed E-state index contributed by atoms with van der Waals surface area (Å²) in [5.74, 6) is -0.651. The van der Waals surface area contributed by atoms with Crippen molar-refractivity contribution in [1.29, 1.82) is 0 Å². The van der Waals surface area contributed by atoms with Crippen LogP contribution in [-0.2, 0) is 22.9 Å².